The predicted octanol–water partition coefficient (Wildman–Crippen LogP) is 2.87. The van der Waals surface area contributed by atoms with E-state index in [1.165, 1.54) is 4.90 Å². The van der Waals surface area contributed by atoms with Crippen molar-refractivity contribution < 1.29 is 0 Å². The molecule has 0 fully saturated rings. The van der Waals surface area contributed by atoms with E-state index < -0.39 is 0 Å². The molecule has 0 saturated carbocycles. The molecule has 0 aliphatic rings. The Labute approximate surface area is 83.0 Å². The predicted molar refractivity (Wildman–Crippen MR) is 54.4 cm³/mol. The van der Waals surface area contributed by atoms with Crippen molar-refractivity contribution in [1.29, 1.82) is 5.26 Å². The fourth-order valence-corrected chi connectivity index (χ4v) is 1.83. The van der Waals surface area contributed by atoms with Crippen molar-refractivity contribution in [3.8, 4) is 6.07 Å². The van der Waals surface area contributed by atoms with Gasteiger partial charge in [-0.2, -0.15) is 5.26 Å². The molecule has 0 unspecified atom stereocenters. The van der Waals surface area contributed by atoms with Crippen LogP contribution in [0.25, 0.3) is 0 Å². The maximum absolute atomic E-state index is 8.32. The molecule has 1 rings (SSSR count). The zero-order valence-corrected chi connectivity index (χ0v) is 8.26. The molecule has 0 spiro atoms. The number of thioether (sulfide) groups is 1. The van der Waals surface area contributed by atoms with Crippen molar-refractivity contribution in [3.05, 3.63) is 24.5 Å². The van der Waals surface area contributed by atoms with Crippen LogP contribution in [-0.2, 0) is 0 Å². The van der Waals surface area contributed by atoms with Crippen LogP contribution in [0.5, 0.6) is 0 Å². The summed E-state index contributed by atoms with van der Waals surface area (Å²) in [6.07, 6.45) is 6.40. The SMILES string of the molecule is N#CCCCCSc1ccncc1. The van der Waals surface area contributed by atoms with E-state index in [2.05, 4.69) is 11.1 Å². The van der Waals surface area contributed by atoms with Crippen molar-refractivity contribution in [1.82, 2.24) is 4.98 Å². The molecule has 1 heterocycles. The minimum atomic E-state index is 0.677. The zero-order valence-electron chi connectivity index (χ0n) is 7.44. The number of pyridine rings is 1. The Balaban J connectivity index is 2.11. The molecule has 0 aliphatic carbocycles. The van der Waals surface area contributed by atoms with Gasteiger partial charge in [-0.3, -0.25) is 4.98 Å². The molecule has 1 aromatic rings. The van der Waals surface area contributed by atoms with Gasteiger partial charge in [0.15, 0.2) is 0 Å². The number of hydrogen-bond acceptors (Lipinski definition) is 3. The Morgan fingerprint density at radius 2 is 2.08 bits per heavy atom. The molecule has 1 aromatic heterocycles. The topological polar surface area (TPSA) is 36.7 Å². The highest BCUT2D eigenvalue weighted by atomic mass is 32.2. The largest absolute Gasteiger partial charge is 0.265 e. The molecular formula is C10H12N2S. The third-order valence-corrected chi connectivity index (χ3v) is 2.70. The van der Waals surface area contributed by atoms with E-state index in [1.807, 2.05) is 23.9 Å². The molecule has 0 atom stereocenters. The summed E-state index contributed by atoms with van der Waals surface area (Å²) in [6.45, 7) is 0. The first-order valence-corrected chi connectivity index (χ1v) is 5.32. The van der Waals surface area contributed by atoms with Gasteiger partial charge in [0, 0.05) is 23.7 Å². The first kappa shape index (κ1) is 10.1. The number of nitrogens with zero attached hydrogens (tertiary/aromatic N) is 2. The van der Waals surface area contributed by atoms with E-state index in [0.717, 1.165) is 18.6 Å². The normalized spacial score (nSPS) is 9.46. The molecule has 13 heavy (non-hydrogen) atoms. The number of hydrogen-bond donors (Lipinski definition) is 0. The minimum absolute atomic E-state index is 0.677. The van der Waals surface area contributed by atoms with Gasteiger partial charge in [-0.05, 0) is 30.7 Å². The summed E-state index contributed by atoms with van der Waals surface area (Å²) in [6, 6.07) is 6.16. The van der Waals surface area contributed by atoms with Gasteiger partial charge in [0.2, 0.25) is 0 Å². The smallest absolute Gasteiger partial charge is 0.0621 e. The number of aromatic nitrogens is 1. The van der Waals surface area contributed by atoms with E-state index in [1.54, 1.807) is 12.4 Å². The Morgan fingerprint density at radius 1 is 1.31 bits per heavy atom. The number of rotatable bonds is 5. The molecular weight excluding hydrogens is 180 g/mol. The third kappa shape index (κ3) is 4.54. The zero-order chi connectivity index (χ0) is 9.36. The quantitative estimate of drug-likeness (QED) is 0.531. The third-order valence-electron chi connectivity index (χ3n) is 1.60. The Morgan fingerprint density at radius 3 is 2.77 bits per heavy atom. The highest BCUT2D eigenvalue weighted by Gasteiger charge is 1.92. The molecule has 0 aromatic carbocycles. The first-order valence-electron chi connectivity index (χ1n) is 4.33. The lowest BCUT2D eigenvalue weighted by atomic mass is 10.3. The standard InChI is InChI=1S/C10H12N2S/c11-6-2-1-3-9-13-10-4-7-12-8-5-10/h4-5,7-8H,1-3,9H2. The van der Waals surface area contributed by atoms with Gasteiger partial charge >= 0.3 is 0 Å². The second kappa shape index (κ2) is 6.50. The molecule has 68 valence electrons. The molecule has 0 radical (unpaired) electrons. The van der Waals surface area contributed by atoms with E-state index in [-0.39, 0.29) is 0 Å². The van der Waals surface area contributed by atoms with E-state index in [9.17, 15) is 0 Å². The van der Waals surface area contributed by atoms with Crippen molar-refractivity contribution >= 4 is 11.8 Å². The van der Waals surface area contributed by atoms with Crippen LogP contribution in [0.3, 0.4) is 0 Å². The molecule has 0 amide bonds. The first-order chi connectivity index (χ1) is 6.43. The molecule has 0 aliphatic heterocycles. The number of unbranched alkanes of at least 4 members (excludes halogenated alkanes) is 2. The van der Waals surface area contributed by atoms with Crippen molar-refractivity contribution in [3.63, 3.8) is 0 Å². The molecule has 0 bridgehead atoms. The van der Waals surface area contributed by atoms with Gasteiger partial charge in [0.25, 0.3) is 0 Å². The summed E-state index contributed by atoms with van der Waals surface area (Å²) in [5.74, 6) is 1.09. The van der Waals surface area contributed by atoms with Crippen LogP contribution >= 0.6 is 11.8 Å². The van der Waals surface area contributed by atoms with Crippen LogP contribution in [0.15, 0.2) is 29.4 Å². The Bertz CT molecular complexity index is 266. The van der Waals surface area contributed by atoms with Crippen LogP contribution in [-0.4, -0.2) is 10.7 Å². The van der Waals surface area contributed by atoms with Gasteiger partial charge in [0.1, 0.15) is 0 Å². The maximum Gasteiger partial charge on any atom is 0.0621 e. The molecule has 3 heteroatoms. The van der Waals surface area contributed by atoms with E-state index >= 15 is 0 Å². The lowest BCUT2D eigenvalue weighted by molar-refractivity contribution is 0.830. The van der Waals surface area contributed by atoms with Crippen LogP contribution in [0.1, 0.15) is 19.3 Å². The van der Waals surface area contributed by atoms with E-state index in [4.69, 9.17) is 5.26 Å². The summed E-state index contributed by atoms with van der Waals surface area (Å²) in [5, 5.41) is 8.32. The molecule has 0 saturated heterocycles. The average molecular weight is 192 g/mol. The van der Waals surface area contributed by atoms with Crippen LogP contribution in [0.2, 0.25) is 0 Å². The Hall–Kier alpha value is -1.01. The summed E-state index contributed by atoms with van der Waals surface area (Å²) >= 11 is 1.82. The monoisotopic (exact) mass is 192 g/mol. The second-order valence-electron chi connectivity index (χ2n) is 2.65. The van der Waals surface area contributed by atoms with Crippen LogP contribution < -0.4 is 0 Å². The molecule has 2 nitrogen and oxygen atoms in total. The summed E-state index contributed by atoms with van der Waals surface area (Å²) in [4.78, 5) is 5.20. The fourth-order valence-electron chi connectivity index (χ4n) is 0.931. The summed E-state index contributed by atoms with van der Waals surface area (Å²) in [7, 11) is 0. The van der Waals surface area contributed by atoms with Gasteiger partial charge in [0.05, 0.1) is 6.07 Å². The van der Waals surface area contributed by atoms with Crippen molar-refractivity contribution in [2.75, 3.05) is 5.75 Å². The minimum Gasteiger partial charge on any atom is -0.265 e. The average Bonchev–Trinajstić information content (AvgIpc) is 2.19. The molecule has 0 N–H and O–H groups in total. The highest BCUT2D eigenvalue weighted by Crippen LogP contribution is 2.17. The van der Waals surface area contributed by atoms with Crippen molar-refractivity contribution in [2.24, 2.45) is 0 Å². The van der Waals surface area contributed by atoms with Crippen LogP contribution in [0, 0.1) is 11.3 Å². The maximum atomic E-state index is 8.32. The van der Waals surface area contributed by atoms with Gasteiger partial charge in [-0.1, -0.05) is 0 Å². The number of nitriles is 1. The fraction of sp³-hybridized carbons (Fsp3) is 0.400. The summed E-state index contributed by atoms with van der Waals surface area (Å²) in [5.41, 5.74) is 0. The lowest BCUT2D eigenvalue weighted by Crippen LogP contribution is -1.80. The van der Waals surface area contributed by atoms with Gasteiger partial charge in [-0.15, -0.1) is 11.8 Å². The second-order valence-corrected chi connectivity index (χ2v) is 3.81. The summed E-state index contributed by atoms with van der Waals surface area (Å²) < 4.78 is 0. The Kier molecular flexibility index (Phi) is 5.04. The van der Waals surface area contributed by atoms with E-state index in [0.29, 0.717) is 6.42 Å². The van der Waals surface area contributed by atoms with Gasteiger partial charge < -0.3 is 0 Å². The van der Waals surface area contributed by atoms with Crippen LogP contribution in [0.4, 0.5) is 0 Å². The van der Waals surface area contributed by atoms with Crippen molar-refractivity contribution in [2.45, 2.75) is 24.2 Å². The van der Waals surface area contributed by atoms with Gasteiger partial charge in [-0.25, -0.2) is 0 Å². The lowest BCUT2D eigenvalue weighted by Gasteiger charge is -1.98. The highest BCUT2D eigenvalue weighted by molar-refractivity contribution is 7.99.